The van der Waals surface area contributed by atoms with E-state index in [1.165, 1.54) is 108 Å². The number of benzene rings is 1. The fourth-order valence-electron chi connectivity index (χ4n) is 3.40. The summed E-state index contributed by atoms with van der Waals surface area (Å²) in [5, 5.41) is 0. The second kappa shape index (κ2) is 17.8. The first-order valence-corrected chi connectivity index (χ1v) is 11.1. The Morgan fingerprint density at radius 3 is 1.60 bits per heavy atom. The van der Waals surface area contributed by atoms with Crippen LogP contribution in [0.2, 0.25) is 0 Å². The average molecular weight is 343 g/mol. The molecule has 1 aromatic rings. The Morgan fingerprint density at radius 1 is 0.560 bits per heavy atom. The van der Waals surface area contributed by atoms with Gasteiger partial charge >= 0.3 is 0 Å². The van der Waals surface area contributed by atoms with E-state index in [1.807, 2.05) is 0 Å². The lowest BCUT2D eigenvalue weighted by Crippen LogP contribution is -1.85. The average Bonchev–Trinajstić information content (AvgIpc) is 2.65. The highest BCUT2D eigenvalue weighted by Gasteiger charge is 1.94. The van der Waals surface area contributed by atoms with Crippen LogP contribution in [0.25, 0.3) is 0 Å². The summed E-state index contributed by atoms with van der Waals surface area (Å²) in [4.78, 5) is 0. The molecule has 142 valence electrons. The van der Waals surface area contributed by atoms with Gasteiger partial charge in [-0.05, 0) is 44.1 Å². The largest absolute Gasteiger partial charge is 0.0885 e. The first-order valence-electron chi connectivity index (χ1n) is 11.1. The maximum Gasteiger partial charge on any atom is -0.0279 e. The Balaban J connectivity index is 1.75. The third-order valence-electron chi connectivity index (χ3n) is 5.07. The quantitative estimate of drug-likeness (QED) is 0.196. The summed E-state index contributed by atoms with van der Waals surface area (Å²) in [5.41, 5.74) is 1.50. The predicted octanol–water partition coefficient (Wildman–Crippen LogP) is 8.66. The zero-order valence-electron chi connectivity index (χ0n) is 16.9. The number of hydrogen-bond donors (Lipinski definition) is 0. The second-order valence-electron chi connectivity index (χ2n) is 7.53. The molecule has 0 aliphatic heterocycles. The molecule has 0 N–H and O–H groups in total. The number of unbranched alkanes of at least 4 members (excludes halogenated alkanes) is 13. The Labute approximate surface area is 158 Å². The van der Waals surface area contributed by atoms with Gasteiger partial charge < -0.3 is 0 Å². The van der Waals surface area contributed by atoms with Gasteiger partial charge in [0.15, 0.2) is 0 Å². The second-order valence-corrected chi connectivity index (χ2v) is 7.53. The molecule has 1 aromatic carbocycles. The van der Waals surface area contributed by atoms with Crippen LogP contribution in [0.3, 0.4) is 0 Å². The van der Waals surface area contributed by atoms with Crippen molar-refractivity contribution in [3.8, 4) is 0 Å². The van der Waals surface area contributed by atoms with Crippen LogP contribution >= 0.6 is 0 Å². The van der Waals surface area contributed by atoms with Crippen LogP contribution in [-0.4, -0.2) is 0 Å². The summed E-state index contributed by atoms with van der Waals surface area (Å²) in [6, 6.07) is 10.9. The van der Waals surface area contributed by atoms with Crippen molar-refractivity contribution in [2.75, 3.05) is 0 Å². The lowest BCUT2D eigenvalue weighted by Gasteiger charge is -2.02. The monoisotopic (exact) mass is 342 g/mol. The molecule has 0 aromatic heterocycles. The molecule has 0 heterocycles. The molecule has 0 aliphatic carbocycles. The molecule has 0 fully saturated rings. The van der Waals surface area contributed by atoms with Crippen LogP contribution in [0.4, 0.5) is 0 Å². The molecule has 0 radical (unpaired) electrons. The van der Waals surface area contributed by atoms with Crippen LogP contribution < -0.4 is 0 Å². The predicted molar refractivity (Wildman–Crippen MR) is 114 cm³/mol. The normalized spacial score (nSPS) is 11.4. The topological polar surface area (TPSA) is 0 Å². The minimum atomic E-state index is 1.25. The molecule has 0 heteroatoms. The third-order valence-corrected chi connectivity index (χ3v) is 5.07. The van der Waals surface area contributed by atoms with E-state index in [-0.39, 0.29) is 0 Å². The smallest absolute Gasteiger partial charge is 0.0279 e. The summed E-state index contributed by atoms with van der Waals surface area (Å²) in [5.74, 6) is 0. The molecule has 25 heavy (non-hydrogen) atoms. The van der Waals surface area contributed by atoms with Crippen molar-refractivity contribution < 1.29 is 0 Å². The van der Waals surface area contributed by atoms with E-state index in [9.17, 15) is 0 Å². The van der Waals surface area contributed by atoms with Gasteiger partial charge in [-0.15, -0.1) is 0 Å². The molecule has 0 nitrogen and oxygen atoms in total. The first kappa shape index (κ1) is 22.0. The molecule has 0 atom stereocenters. The van der Waals surface area contributed by atoms with Crippen molar-refractivity contribution in [2.24, 2.45) is 0 Å². The lowest BCUT2D eigenvalue weighted by molar-refractivity contribution is 0.581. The van der Waals surface area contributed by atoms with Gasteiger partial charge in [-0.1, -0.05) is 114 Å². The summed E-state index contributed by atoms with van der Waals surface area (Å²) in [6.45, 7) is 2.29. The Hall–Kier alpha value is -1.04. The van der Waals surface area contributed by atoms with Crippen molar-refractivity contribution in [2.45, 2.75) is 110 Å². The number of aryl methyl sites for hydroxylation is 1. The zero-order valence-corrected chi connectivity index (χ0v) is 16.9. The molecule has 0 bridgehead atoms. The summed E-state index contributed by atoms with van der Waals surface area (Å²) < 4.78 is 0. The molecule has 0 aliphatic rings. The van der Waals surface area contributed by atoms with Crippen LogP contribution in [0.15, 0.2) is 42.5 Å². The fourth-order valence-corrected chi connectivity index (χ4v) is 3.40. The van der Waals surface area contributed by atoms with Crippen LogP contribution in [-0.2, 0) is 6.42 Å². The van der Waals surface area contributed by atoms with Gasteiger partial charge in [0.2, 0.25) is 0 Å². The van der Waals surface area contributed by atoms with Crippen molar-refractivity contribution in [1.82, 2.24) is 0 Å². The standard InChI is InChI=1S/C25H42/c1-2-3-4-5-6-7-8-9-10-11-12-13-14-15-16-17-19-22-25-23-20-18-21-24-25/h9-10,18,20-21,23-24H,2-8,11-17,19,22H2,1H3. The number of hydrogen-bond acceptors (Lipinski definition) is 0. The summed E-state index contributed by atoms with van der Waals surface area (Å²) in [7, 11) is 0. The molecular formula is C25H42. The lowest BCUT2D eigenvalue weighted by atomic mass is 10.0. The first-order chi connectivity index (χ1) is 12.4. The molecule has 0 spiro atoms. The minimum Gasteiger partial charge on any atom is -0.0885 e. The summed E-state index contributed by atoms with van der Waals surface area (Å²) >= 11 is 0. The maximum absolute atomic E-state index is 2.42. The Morgan fingerprint density at radius 2 is 1.04 bits per heavy atom. The fraction of sp³-hybridized carbons (Fsp3) is 0.680. The highest BCUT2D eigenvalue weighted by atomic mass is 14.0. The van der Waals surface area contributed by atoms with E-state index in [4.69, 9.17) is 0 Å². The van der Waals surface area contributed by atoms with E-state index in [0.717, 1.165) is 0 Å². The van der Waals surface area contributed by atoms with Gasteiger partial charge in [-0.3, -0.25) is 0 Å². The molecule has 0 saturated heterocycles. The van der Waals surface area contributed by atoms with Gasteiger partial charge in [0.1, 0.15) is 0 Å². The van der Waals surface area contributed by atoms with Crippen molar-refractivity contribution >= 4 is 0 Å². The van der Waals surface area contributed by atoms with E-state index < -0.39 is 0 Å². The molecule has 0 unspecified atom stereocenters. The van der Waals surface area contributed by atoms with Gasteiger partial charge in [-0.25, -0.2) is 0 Å². The zero-order chi connectivity index (χ0) is 17.8. The molecule has 0 saturated carbocycles. The summed E-state index contributed by atoms with van der Waals surface area (Å²) in [6.07, 6.45) is 27.0. The van der Waals surface area contributed by atoms with Gasteiger partial charge in [0, 0.05) is 0 Å². The molecule has 0 amide bonds. The number of allylic oxidation sites excluding steroid dienone is 2. The SMILES string of the molecule is CCCCCCCCC=CCCCCCCCCCc1ccccc1. The van der Waals surface area contributed by atoms with Crippen LogP contribution in [0.1, 0.15) is 109 Å². The maximum atomic E-state index is 2.42. The minimum absolute atomic E-state index is 1.25. The van der Waals surface area contributed by atoms with Gasteiger partial charge in [-0.2, -0.15) is 0 Å². The molecular weight excluding hydrogens is 300 g/mol. The number of rotatable bonds is 17. The van der Waals surface area contributed by atoms with Crippen molar-refractivity contribution in [3.05, 3.63) is 48.0 Å². The van der Waals surface area contributed by atoms with Gasteiger partial charge in [0.05, 0.1) is 0 Å². The van der Waals surface area contributed by atoms with E-state index in [2.05, 4.69) is 49.4 Å². The van der Waals surface area contributed by atoms with Crippen LogP contribution in [0, 0.1) is 0 Å². The molecule has 1 rings (SSSR count). The van der Waals surface area contributed by atoms with E-state index in [0.29, 0.717) is 0 Å². The third kappa shape index (κ3) is 15.0. The van der Waals surface area contributed by atoms with Crippen LogP contribution in [0.5, 0.6) is 0 Å². The highest BCUT2D eigenvalue weighted by molar-refractivity contribution is 5.14. The van der Waals surface area contributed by atoms with E-state index in [1.54, 1.807) is 0 Å². The van der Waals surface area contributed by atoms with Crippen molar-refractivity contribution in [3.63, 3.8) is 0 Å². The Bertz CT molecular complexity index is 390. The van der Waals surface area contributed by atoms with Gasteiger partial charge in [0.25, 0.3) is 0 Å². The van der Waals surface area contributed by atoms with E-state index >= 15 is 0 Å². The Kier molecular flexibility index (Phi) is 15.6. The highest BCUT2D eigenvalue weighted by Crippen LogP contribution is 2.12. The van der Waals surface area contributed by atoms with Crippen molar-refractivity contribution in [1.29, 1.82) is 0 Å².